The van der Waals surface area contributed by atoms with Gasteiger partial charge in [0, 0.05) is 31.1 Å². The molecule has 0 saturated carbocycles. The molecular formula is C14H19N3O. The molecule has 4 heteroatoms. The summed E-state index contributed by atoms with van der Waals surface area (Å²) in [5.41, 5.74) is 2.36. The lowest BCUT2D eigenvalue weighted by atomic mass is 10.2. The summed E-state index contributed by atoms with van der Waals surface area (Å²) in [6.07, 6.45) is 1.10. The van der Waals surface area contributed by atoms with E-state index in [0.29, 0.717) is 6.04 Å². The van der Waals surface area contributed by atoms with Crippen LogP contribution in [-0.4, -0.2) is 29.0 Å². The summed E-state index contributed by atoms with van der Waals surface area (Å²) in [7, 11) is 0. The Hall–Kier alpha value is -1.39. The lowest BCUT2D eigenvalue weighted by Crippen LogP contribution is -2.28. The number of hydrogen-bond donors (Lipinski definition) is 1. The fourth-order valence-electron chi connectivity index (χ4n) is 2.50. The zero-order chi connectivity index (χ0) is 12.4. The van der Waals surface area contributed by atoms with Gasteiger partial charge < -0.3 is 10.1 Å². The van der Waals surface area contributed by atoms with E-state index in [9.17, 15) is 0 Å². The molecule has 4 nitrogen and oxygen atoms in total. The van der Waals surface area contributed by atoms with Crippen molar-refractivity contribution in [2.24, 2.45) is 0 Å². The summed E-state index contributed by atoms with van der Waals surface area (Å²) in [6, 6.07) is 8.91. The van der Waals surface area contributed by atoms with Crippen molar-refractivity contribution < 1.29 is 4.74 Å². The van der Waals surface area contributed by atoms with Crippen molar-refractivity contribution in [1.29, 1.82) is 0 Å². The van der Waals surface area contributed by atoms with Crippen molar-refractivity contribution in [2.45, 2.75) is 32.5 Å². The van der Waals surface area contributed by atoms with Gasteiger partial charge in [0.15, 0.2) is 0 Å². The van der Waals surface area contributed by atoms with E-state index in [4.69, 9.17) is 4.74 Å². The molecule has 1 aromatic carbocycles. The molecule has 1 fully saturated rings. The molecule has 0 spiro atoms. The number of nitrogens with zero attached hydrogens (tertiary/aromatic N) is 2. The summed E-state index contributed by atoms with van der Waals surface area (Å²) in [4.78, 5) is 0. The Bertz CT molecular complexity index is 529. The van der Waals surface area contributed by atoms with Crippen LogP contribution in [0.4, 0.5) is 0 Å². The van der Waals surface area contributed by atoms with Crippen molar-refractivity contribution in [2.75, 3.05) is 13.2 Å². The average Bonchev–Trinajstić information content (AvgIpc) is 3.04. The van der Waals surface area contributed by atoms with E-state index in [0.717, 1.165) is 38.4 Å². The van der Waals surface area contributed by atoms with Crippen LogP contribution in [0, 0.1) is 0 Å². The SMILES string of the molecule is CCn1nc(CN[C@H]2CCOC2)c2ccccc21. The Balaban J connectivity index is 1.82. The Morgan fingerprint density at radius 3 is 3.11 bits per heavy atom. The second kappa shape index (κ2) is 5.08. The van der Waals surface area contributed by atoms with Gasteiger partial charge in [0.1, 0.15) is 0 Å². The predicted octanol–water partition coefficient (Wildman–Crippen LogP) is 1.93. The van der Waals surface area contributed by atoms with Gasteiger partial charge in [-0.25, -0.2) is 0 Å². The fraction of sp³-hybridized carbons (Fsp3) is 0.500. The van der Waals surface area contributed by atoms with E-state index >= 15 is 0 Å². The zero-order valence-electron chi connectivity index (χ0n) is 10.7. The topological polar surface area (TPSA) is 39.1 Å². The molecule has 1 aliphatic rings. The van der Waals surface area contributed by atoms with Crippen LogP contribution in [0.25, 0.3) is 10.9 Å². The first-order valence-corrected chi connectivity index (χ1v) is 6.64. The Labute approximate surface area is 107 Å². The van der Waals surface area contributed by atoms with Crippen LogP contribution in [-0.2, 0) is 17.8 Å². The van der Waals surface area contributed by atoms with Gasteiger partial charge in [-0.3, -0.25) is 4.68 Å². The largest absolute Gasteiger partial charge is 0.380 e. The predicted molar refractivity (Wildman–Crippen MR) is 71.5 cm³/mol. The smallest absolute Gasteiger partial charge is 0.0841 e. The van der Waals surface area contributed by atoms with Crippen LogP contribution >= 0.6 is 0 Å². The summed E-state index contributed by atoms with van der Waals surface area (Å²) < 4.78 is 7.44. The second-order valence-electron chi connectivity index (χ2n) is 4.72. The highest BCUT2D eigenvalue weighted by Crippen LogP contribution is 2.18. The molecule has 1 saturated heterocycles. The third-order valence-corrected chi connectivity index (χ3v) is 3.52. The molecule has 1 aliphatic heterocycles. The normalized spacial score (nSPS) is 19.7. The maximum atomic E-state index is 5.37. The first kappa shape index (κ1) is 11.7. The van der Waals surface area contributed by atoms with Crippen molar-refractivity contribution in [3.05, 3.63) is 30.0 Å². The molecule has 1 aromatic heterocycles. The van der Waals surface area contributed by atoms with Gasteiger partial charge >= 0.3 is 0 Å². The van der Waals surface area contributed by atoms with Gasteiger partial charge in [-0.1, -0.05) is 18.2 Å². The van der Waals surface area contributed by atoms with E-state index < -0.39 is 0 Å². The summed E-state index contributed by atoms with van der Waals surface area (Å²) in [5.74, 6) is 0. The number of hydrogen-bond acceptors (Lipinski definition) is 3. The maximum absolute atomic E-state index is 5.37. The van der Waals surface area contributed by atoms with Crippen LogP contribution in [0.2, 0.25) is 0 Å². The van der Waals surface area contributed by atoms with Crippen LogP contribution in [0.5, 0.6) is 0 Å². The zero-order valence-corrected chi connectivity index (χ0v) is 10.7. The monoisotopic (exact) mass is 245 g/mol. The first-order valence-electron chi connectivity index (χ1n) is 6.64. The van der Waals surface area contributed by atoms with E-state index in [1.807, 2.05) is 0 Å². The molecule has 0 unspecified atom stereocenters. The Morgan fingerprint density at radius 2 is 2.33 bits per heavy atom. The lowest BCUT2D eigenvalue weighted by molar-refractivity contribution is 0.189. The van der Waals surface area contributed by atoms with Gasteiger partial charge in [0.05, 0.1) is 17.8 Å². The number of fused-ring (bicyclic) bond motifs is 1. The molecule has 0 bridgehead atoms. The molecule has 1 atom stereocenters. The number of benzene rings is 1. The minimum atomic E-state index is 0.482. The minimum absolute atomic E-state index is 0.482. The number of para-hydroxylation sites is 1. The van der Waals surface area contributed by atoms with Crippen molar-refractivity contribution >= 4 is 10.9 Å². The standard InChI is InChI=1S/C14H19N3O/c1-2-17-14-6-4-3-5-12(14)13(16-17)9-15-11-7-8-18-10-11/h3-6,11,15H,2,7-10H2,1H3/t11-/m0/s1. The molecule has 2 aromatic rings. The number of aromatic nitrogens is 2. The molecule has 18 heavy (non-hydrogen) atoms. The van der Waals surface area contributed by atoms with Crippen molar-refractivity contribution in [3.63, 3.8) is 0 Å². The molecule has 96 valence electrons. The molecule has 2 heterocycles. The van der Waals surface area contributed by atoms with Gasteiger partial charge in [-0.05, 0) is 19.4 Å². The molecular weight excluding hydrogens is 226 g/mol. The molecule has 0 aliphatic carbocycles. The molecule has 0 radical (unpaired) electrons. The first-order chi connectivity index (χ1) is 8.88. The third-order valence-electron chi connectivity index (χ3n) is 3.52. The van der Waals surface area contributed by atoms with Crippen LogP contribution in [0.1, 0.15) is 19.0 Å². The summed E-state index contributed by atoms with van der Waals surface area (Å²) in [6.45, 7) is 5.56. The van der Waals surface area contributed by atoms with Gasteiger partial charge in [-0.15, -0.1) is 0 Å². The molecule has 3 rings (SSSR count). The van der Waals surface area contributed by atoms with E-state index in [1.165, 1.54) is 10.9 Å². The summed E-state index contributed by atoms with van der Waals surface area (Å²) >= 11 is 0. The molecule has 0 amide bonds. The van der Waals surface area contributed by atoms with Gasteiger partial charge in [-0.2, -0.15) is 5.10 Å². The molecule has 1 N–H and O–H groups in total. The van der Waals surface area contributed by atoms with E-state index in [1.54, 1.807) is 0 Å². The van der Waals surface area contributed by atoms with Gasteiger partial charge in [0.2, 0.25) is 0 Å². The fourth-order valence-corrected chi connectivity index (χ4v) is 2.50. The summed E-state index contributed by atoms with van der Waals surface area (Å²) in [5, 5.41) is 9.46. The number of rotatable bonds is 4. The third kappa shape index (κ3) is 2.13. The Morgan fingerprint density at radius 1 is 1.44 bits per heavy atom. The number of nitrogens with one attached hydrogen (secondary N) is 1. The van der Waals surface area contributed by atoms with E-state index in [-0.39, 0.29) is 0 Å². The van der Waals surface area contributed by atoms with Crippen LogP contribution in [0.15, 0.2) is 24.3 Å². The lowest BCUT2D eigenvalue weighted by Gasteiger charge is -2.08. The highest BCUT2D eigenvalue weighted by atomic mass is 16.5. The van der Waals surface area contributed by atoms with Gasteiger partial charge in [0.25, 0.3) is 0 Å². The number of aryl methyl sites for hydroxylation is 1. The van der Waals surface area contributed by atoms with Crippen molar-refractivity contribution in [1.82, 2.24) is 15.1 Å². The second-order valence-corrected chi connectivity index (χ2v) is 4.72. The Kier molecular flexibility index (Phi) is 3.30. The highest BCUT2D eigenvalue weighted by molar-refractivity contribution is 5.81. The number of ether oxygens (including phenoxy) is 1. The van der Waals surface area contributed by atoms with Crippen molar-refractivity contribution in [3.8, 4) is 0 Å². The minimum Gasteiger partial charge on any atom is -0.380 e. The van der Waals surface area contributed by atoms with E-state index in [2.05, 4.69) is 46.3 Å². The highest BCUT2D eigenvalue weighted by Gasteiger charge is 2.16. The van der Waals surface area contributed by atoms with Crippen LogP contribution in [0.3, 0.4) is 0 Å². The average molecular weight is 245 g/mol. The van der Waals surface area contributed by atoms with Crippen LogP contribution < -0.4 is 5.32 Å². The maximum Gasteiger partial charge on any atom is 0.0841 e. The quantitative estimate of drug-likeness (QED) is 0.894.